The van der Waals surface area contributed by atoms with E-state index in [1.165, 1.54) is 7.11 Å². The number of methoxy groups -OCH3 is 1. The molecule has 0 unspecified atom stereocenters. The number of ketones is 1. The topological polar surface area (TPSA) is 50.1 Å². The molecular weight excluding hydrogens is 294 g/mol. The molecule has 0 radical (unpaired) electrons. The number of carbonyl (C=O) groups is 1. The number of allylic oxidation sites excluding steroid dienone is 1. The van der Waals surface area contributed by atoms with Gasteiger partial charge in [-0.25, -0.2) is 0 Å². The van der Waals surface area contributed by atoms with Crippen molar-refractivity contribution in [3.63, 3.8) is 0 Å². The standard InChI is InChI=1S/C18H15NO2S/c1-21-16-5-3-4-14(11-16)18(20)15(12-19)10-13-6-8-17(22-2)9-7-13/h3-11H,1-2H3/b15-10+. The number of Topliss-reactive ketones (excluding diaryl/α,β-unsaturated/α-hetero) is 1. The van der Waals surface area contributed by atoms with E-state index in [1.54, 1.807) is 42.1 Å². The highest BCUT2D eigenvalue weighted by molar-refractivity contribution is 7.98. The highest BCUT2D eigenvalue weighted by Gasteiger charge is 2.12. The third-order valence-electron chi connectivity index (χ3n) is 3.12. The highest BCUT2D eigenvalue weighted by atomic mass is 32.2. The molecule has 0 amide bonds. The normalized spacial score (nSPS) is 10.9. The minimum atomic E-state index is -0.310. The fraction of sp³-hybridized carbons (Fsp3) is 0.111. The molecule has 0 N–H and O–H groups in total. The van der Waals surface area contributed by atoms with Crippen LogP contribution >= 0.6 is 11.8 Å². The second-order valence-electron chi connectivity index (χ2n) is 4.50. The van der Waals surface area contributed by atoms with Crippen LogP contribution in [-0.4, -0.2) is 19.1 Å². The van der Waals surface area contributed by atoms with Crippen molar-refractivity contribution in [2.75, 3.05) is 13.4 Å². The maximum Gasteiger partial charge on any atom is 0.203 e. The van der Waals surface area contributed by atoms with Crippen molar-refractivity contribution in [2.45, 2.75) is 4.90 Å². The van der Waals surface area contributed by atoms with Gasteiger partial charge in [-0.3, -0.25) is 4.79 Å². The van der Waals surface area contributed by atoms with Gasteiger partial charge in [0, 0.05) is 10.5 Å². The van der Waals surface area contributed by atoms with E-state index in [0.29, 0.717) is 11.3 Å². The summed E-state index contributed by atoms with van der Waals surface area (Å²) in [6, 6.07) is 16.5. The third kappa shape index (κ3) is 3.78. The number of thioether (sulfide) groups is 1. The summed E-state index contributed by atoms with van der Waals surface area (Å²) in [4.78, 5) is 13.6. The van der Waals surface area contributed by atoms with Crippen LogP contribution in [0.5, 0.6) is 5.75 Å². The molecule has 0 atom stereocenters. The van der Waals surface area contributed by atoms with Gasteiger partial charge in [-0.15, -0.1) is 11.8 Å². The third-order valence-corrected chi connectivity index (χ3v) is 3.87. The summed E-state index contributed by atoms with van der Waals surface area (Å²) in [5, 5.41) is 9.27. The number of rotatable bonds is 5. The van der Waals surface area contributed by atoms with Crippen LogP contribution in [0.4, 0.5) is 0 Å². The number of hydrogen-bond donors (Lipinski definition) is 0. The summed E-state index contributed by atoms with van der Waals surface area (Å²) >= 11 is 1.64. The lowest BCUT2D eigenvalue weighted by atomic mass is 10.0. The Hall–Kier alpha value is -2.51. The summed E-state index contributed by atoms with van der Waals surface area (Å²) < 4.78 is 5.11. The van der Waals surface area contributed by atoms with Crippen molar-refractivity contribution in [1.29, 1.82) is 5.26 Å². The Bertz CT molecular complexity index is 742. The second kappa shape index (κ2) is 7.48. The monoisotopic (exact) mass is 309 g/mol. The van der Waals surface area contributed by atoms with Gasteiger partial charge in [-0.1, -0.05) is 24.3 Å². The molecule has 0 spiro atoms. The first-order valence-corrected chi connectivity index (χ1v) is 7.85. The molecule has 0 aliphatic carbocycles. The van der Waals surface area contributed by atoms with Crippen molar-refractivity contribution in [1.82, 2.24) is 0 Å². The minimum Gasteiger partial charge on any atom is -0.497 e. The van der Waals surface area contributed by atoms with Crippen LogP contribution in [0.2, 0.25) is 0 Å². The average Bonchev–Trinajstić information content (AvgIpc) is 2.59. The zero-order chi connectivity index (χ0) is 15.9. The van der Waals surface area contributed by atoms with Crippen LogP contribution in [-0.2, 0) is 0 Å². The first-order chi connectivity index (χ1) is 10.7. The number of nitriles is 1. The van der Waals surface area contributed by atoms with Crippen LogP contribution in [0, 0.1) is 11.3 Å². The maximum atomic E-state index is 12.4. The van der Waals surface area contributed by atoms with Gasteiger partial charge in [0.05, 0.1) is 7.11 Å². The van der Waals surface area contributed by atoms with E-state index in [9.17, 15) is 10.1 Å². The molecule has 0 bridgehead atoms. The molecule has 4 heteroatoms. The van der Waals surface area contributed by atoms with Crippen LogP contribution in [0.15, 0.2) is 59.0 Å². The lowest BCUT2D eigenvalue weighted by Crippen LogP contribution is -2.02. The average molecular weight is 309 g/mol. The number of carbonyl (C=O) groups excluding carboxylic acids is 1. The summed E-state index contributed by atoms with van der Waals surface area (Å²) in [5.41, 5.74) is 1.36. The molecule has 22 heavy (non-hydrogen) atoms. The van der Waals surface area contributed by atoms with E-state index in [0.717, 1.165) is 10.5 Å². The summed E-state index contributed by atoms with van der Waals surface area (Å²) in [6.45, 7) is 0. The van der Waals surface area contributed by atoms with Gasteiger partial charge >= 0.3 is 0 Å². The Kier molecular flexibility index (Phi) is 5.40. The lowest BCUT2D eigenvalue weighted by Gasteiger charge is -2.03. The van der Waals surface area contributed by atoms with Gasteiger partial charge in [0.25, 0.3) is 0 Å². The van der Waals surface area contributed by atoms with Crippen molar-refractivity contribution < 1.29 is 9.53 Å². The Morgan fingerprint density at radius 2 is 1.95 bits per heavy atom. The molecule has 0 saturated carbocycles. The fourth-order valence-electron chi connectivity index (χ4n) is 1.94. The fourth-order valence-corrected chi connectivity index (χ4v) is 2.34. The predicted octanol–water partition coefficient (Wildman–Crippen LogP) is 4.21. The second-order valence-corrected chi connectivity index (χ2v) is 5.38. The first-order valence-electron chi connectivity index (χ1n) is 6.62. The van der Waals surface area contributed by atoms with Crippen LogP contribution in [0.3, 0.4) is 0 Å². The number of benzene rings is 2. The molecule has 0 aromatic heterocycles. The van der Waals surface area contributed by atoms with E-state index in [-0.39, 0.29) is 11.4 Å². The smallest absolute Gasteiger partial charge is 0.203 e. The molecule has 2 aromatic rings. The lowest BCUT2D eigenvalue weighted by molar-refractivity contribution is 0.103. The molecule has 0 aliphatic heterocycles. The van der Waals surface area contributed by atoms with E-state index >= 15 is 0 Å². The van der Waals surface area contributed by atoms with Crippen molar-refractivity contribution in [3.8, 4) is 11.8 Å². The van der Waals surface area contributed by atoms with Crippen molar-refractivity contribution in [2.24, 2.45) is 0 Å². The molecule has 2 rings (SSSR count). The van der Waals surface area contributed by atoms with Gasteiger partial charge in [0.15, 0.2) is 0 Å². The number of hydrogen-bond acceptors (Lipinski definition) is 4. The molecule has 0 heterocycles. The summed E-state index contributed by atoms with van der Waals surface area (Å²) in [5.74, 6) is 0.280. The molecule has 0 fully saturated rings. The van der Waals surface area contributed by atoms with E-state index < -0.39 is 0 Å². The molecule has 0 aliphatic rings. The zero-order valence-corrected chi connectivity index (χ0v) is 13.2. The largest absolute Gasteiger partial charge is 0.497 e. The van der Waals surface area contributed by atoms with E-state index in [2.05, 4.69) is 0 Å². The van der Waals surface area contributed by atoms with Crippen LogP contribution in [0.25, 0.3) is 6.08 Å². The zero-order valence-electron chi connectivity index (χ0n) is 12.4. The number of nitrogens with zero attached hydrogens (tertiary/aromatic N) is 1. The van der Waals surface area contributed by atoms with Crippen LogP contribution < -0.4 is 4.74 Å². The van der Waals surface area contributed by atoms with Gasteiger partial charge < -0.3 is 4.74 Å². The Labute approximate surface area is 134 Å². The molecule has 3 nitrogen and oxygen atoms in total. The van der Waals surface area contributed by atoms with Crippen molar-refractivity contribution >= 4 is 23.6 Å². The van der Waals surface area contributed by atoms with Crippen LogP contribution in [0.1, 0.15) is 15.9 Å². The van der Waals surface area contributed by atoms with Gasteiger partial charge in [-0.2, -0.15) is 5.26 Å². The quantitative estimate of drug-likeness (QED) is 0.359. The Morgan fingerprint density at radius 1 is 1.23 bits per heavy atom. The molecular formula is C18H15NO2S. The Balaban J connectivity index is 2.31. The van der Waals surface area contributed by atoms with E-state index in [1.807, 2.05) is 36.6 Å². The SMILES string of the molecule is COc1cccc(C(=O)/C(C#N)=C/c2ccc(SC)cc2)c1. The minimum absolute atomic E-state index is 0.102. The highest BCUT2D eigenvalue weighted by Crippen LogP contribution is 2.19. The van der Waals surface area contributed by atoms with Gasteiger partial charge in [0.1, 0.15) is 17.4 Å². The van der Waals surface area contributed by atoms with Gasteiger partial charge in [-0.05, 0) is 42.2 Å². The Morgan fingerprint density at radius 3 is 2.55 bits per heavy atom. The molecule has 110 valence electrons. The van der Waals surface area contributed by atoms with E-state index in [4.69, 9.17) is 4.74 Å². The summed E-state index contributed by atoms with van der Waals surface area (Å²) in [6.07, 6.45) is 3.60. The van der Waals surface area contributed by atoms with Crippen molar-refractivity contribution in [3.05, 3.63) is 65.2 Å². The molecule has 0 saturated heterocycles. The molecule has 2 aromatic carbocycles. The summed E-state index contributed by atoms with van der Waals surface area (Å²) in [7, 11) is 1.54. The maximum absolute atomic E-state index is 12.4. The first kappa shape index (κ1) is 15.9. The predicted molar refractivity (Wildman–Crippen MR) is 89.1 cm³/mol. The number of ether oxygens (including phenoxy) is 1. The van der Waals surface area contributed by atoms with Gasteiger partial charge in [0.2, 0.25) is 5.78 Å².